The average Bonchev–Trinajstić information content (AvgIpc) is 3.20. The molecule has 3 aromatic heterocycles. The van der Waals surface area contributed by atoms with Crippen LogP contribution in [0.4, 0.5) is 19.0 Å². The fraction of sp³-hybridized carbons (Fsp3) is 0.250. The van der Waals surface area contributed by atoms with E-state index in [0.29, 0.717) is 38.0 Å². The summed E-state index contributed by atoms with van der Waals surface area (Å²) >= 11 is 12.5. The van der Waals surface area contributed by atoms with Gasteiger partial charge < -0.3 is 9.64 Å². The molecule has 0 bridgehead atoms. The van der Waals surface area contributed by atoms with Crippen LogP contribution in [0.5, 0.6) is 5.75 Å². The van der Waals surface area contributed by atoms with Crippen LogP contribution < -0.4 is 9.64 Å². The third kappa shape index (κ3) is 4.40. The third-order valence-corrected chi connectivity index (χ3v) is 6.65. The number of nitrogens with zero attached hydrogens (tertiary/aromatic N) is 5. The van der Waals surface area contributed by atoms with Gasteiger partial charge in [-0.1, -0.05) is 23.2 Å². The summed E-state index contributed by atoms with van der Waals surface area (Å²) in [5.41, 5.74) is 2.57. The molecular weight excluding hydrogens is 516 g/mol. The molecule has 36 heavy (non-hydrogen) atoms. The topological polar surface area (TPSA) is 90.7 Å². The van der Waals surface area contributed by atoms with Crippen molar-refractivity contribution in [3.8, 4) is 23.1 Å². The van der Waals surface area contributed by atoms with E-state index >= 15 is 0 Å². The molecular formula is C24H17Cl2F3N6O. The van der Waals surface area contributed by atoms with Crippen LogP contribution in [0.3, 0.4) is 0 Å². The van der Waals surface area contributed by atoms with E-state index in [1.165, 1.54) is 23.5 Å². The summed E-state index contributed by atoms with van der Waals surface area (Å²) in [7, 11) is 0. The number of nitrogens with one attached hydrogen (secondary N) is 1. The lowest BCUT2D eigenvalue weighted by molar-refractivity contribution is -0.180. The molecule has 1 atom stereocenters. The first-order chi connectivity index (χ1) is 17.2. The summed E-state index contributed by atoms with van der Waals surface area (Å²) in [5, 5.41) is 18.4. The molecule has 0 radical (unpaired) electrons. The second kappa shape index (κ2) is 9.15. The van der Waals surface area contributed by atoms with Crippen LogP contribution in [-0.4, -0.2) is 39.4 Å². The lowest BCUT2D eigenvalue weighted by atomic mass is 9.98. The molecule has 184 valence electrons. The fourth-order valence-corrected chi connectivity index (χ4v) is 4.81. The summed E-state index contributed by atoms with van der Waals surface area (Å²) in [4.78, 5) is 9.70. The van der Waals surface area contributed by atoms with Crippen LogP contribution in [-0.2, 0) is 0 Å². The number of ether oxygens (including phenoxy) is 1. The Morgan fingerprint density at radius 3 is 2.56 bits per heavy atom. The van der Waals surface area contributed by atoms with Crippen LogP contribution in [0, 0.1) is 17.2 Å². The second-order valence-corrected chi connectivity index (χ2v) is 9.22. The Bertz CT molecular complexity index is 1470. The summed E-state index contributed by atoms with van der Waals surface area (Å²) in [6, 6.07) is 8.97. The zero-order valence-electron chi connectivity index (χ0n) is 18.6. The normalized spacial score (nSPS) is 15.0. The number of nitriles is 1. The zero-order valence-corrected chi connectivity index (χ0v) is 20.2. The Labute approximate surface area is 213 Å². The molecule has 1 aromatic carbocycles. The molecule has 4 aromatic rings. The maximum Gasteiger partial charge on any atom is 0.395 e. The van der Waals surface area contributed by atoms with Crippen molar-refractivity contribution in [3.63, 3.8) is 0 Å². The minimum Gasteiger partial charge on any atom is -0.486 e. The Morgan fingerprint density at radius 2 is 1.89 bits per heavy atom. The van der Waals surface area contributed by atoms with Gasteiger partial charge in [-0.2, -0.15) is 23.5 Å². The van der Waals surface area contributed by atoms with Gasteiger partial charge in [0.1, 0.15) is 29.4 Å². The number of benzene rings is 1. The number of halogens is 5. The lowest BCUT2D eigenvalue weighted by Crippen LogP contribution is -2.53. The molecule has 5 rings (SSSR count). The van der Waals surface area contributed by atoms with Crippen molar-refractivity contribution in [1.82, 2.24) is 20.2 Å². The predicted octanol–water partition coefficient (Wildman–Crippen LogP) is 6.34. The van der Waals surface area contributed by atoms with Gasteiger partial charge in [-0.3, -0.25) is 10.1 Å². The smallest absolute Gasteiger partial charge is 0.395 e. The maximum atomic E-state index is 12.9. The number of hydrogen-bond acceptors (Lipinski definition) is 6. The molecule has 0 saturated carbocycles. The second-order valence-electron chi connectivity index (χ2n) is 8.41. The first-order valence-electron chi connectivity index (χ1n) is 10.8. The fourth-order valence-electron chi connectivity index (χ4n) is 4.14. The largest absolute Gasteiger partial charge is 0.486 e. The van der Waals surface area contributed by atoms with Gasteiger partial charge in [0.2, 0.25) is 0 Å². The van der Waals surface area contributed by atoms with E-state index in [4.69, 9.17) is 27.9 Å². The van der Waals surface area contributed by atoms with Crippen molar-refractivity contribution in [3.05, 3.63) is 64.0 Å². The summed E-state index contributed by atoms with van der Waals surface area (Å²) in [6.07, 6.45) is -0.245. The van der Waals surface area contributed by atoms with Crippen molar-refractivity contribution < 1.29 is 17.9 Å². The van der Waals surface area contributed by atoms with Crippen LogP contribution in [0.2, 0.25) is 10.0 Å². The van der Waals surface area contributed by atoms with Crippen molar-refractivity contribution in [2.45, 2.75) is 19.2 Å². The maximum absolute atomic E-state index is 12.9. The van der Waals surface area contributed by atoms with Crippen LogP contribution in [0.1, 0.15) is 24.2 Å². The van der Waals surface area contributed by atoms with Crippen molar-refractivity contribution in [2.24, 2.45) is 5.92 Å². The number of anilines is 1. The van der Waals surface area contributed by atoms with E-state index in [0.717, 1.165) is 5.52 Å². The van der Waals surface area contributed by atoms with Gasteiger partial charge >= 0.3 is 6.18 Å². The highest BCUT2D eigenvalue weighted by molar-refractivity contribution is 6.35. The number of alkyl halides is 3. The number of aromatic amines is 1. The van der Waals surface area contributed by atoms with Gasteiger partial charge in [0.25, 0.3) is 0 Å². The highest BCUT2D eigenvalue weighted by Crippen LogP contribution is 2.38. The Balaban J connectivity index is 1.43. The number of aromatic nitrogens is 4. The molecule has 0 aliphatic carbocycles. The summed E-state index contributed by atoms with van der Waals surface area (Å²) in [6.45, 7) is 1.37. The Kier molecular flexibility index (Phi) is 6.14. The van der Waals surface area contributed by atoms with Crippen molar-refractivity contribution >= 4 is 39.9 Å². The average molecular weight is 533 g/mol. The van der Waals surface area contributed by atoms with Crippen LogP contribution >= 0.6 is 23.2 Å². The highest BCUT2D eigenvalue weighted by atomic mass is 35.5. The molecule has 0 spiro atoms. The van der Waals surface area contributed by atoms with Crippen molar-refractivity contribution in [1.29, 1.82) is 5.26 Å². The van der Waals surface area contributed by atoms with E-state index < -0.39 is 18.2 Å². The zero-order chi connectivity index (χ0) is 25.6. The van der Waals surface area contributed by atoms with Gasteiger partial charge in [0, 0.05) is 48.2 Å². The van der Waals surface area contributed by atoms with Gasteiger partial charge in [0.05, 0.1) is 27.0 Å². The summed E-state index contributed by atoms with van der Waals surface area (Å²) < 4.78 is 44.7. The number of fused-ring (bicyclic) bond motifs is 1. The van der Waals surface area contributed by atoms with Gasteiger partial charge in [-0.15, -0.1) is 0 Å². The van der Waals surface area contributed by atoms with Gasteiger partial charge in [0.15, 0.2) is 0 Å². The van der Waals surface area contributed by atoms with E-state index in [1.807, 2.05) is 13.0 Å². The minimum absolute atomic E-state index is 0.173. The Hall–Kier alpha value is -3.55. The monoisotopic (exact) mass is 532 g/mol. The van der Waals surface area contributed by atoms with E-state index in [1.54, 1.807) is 24.3 Å². The first kappa shape index (κ1) is 24.2. The lowest BCUT2D eigenvalue weighted by Gasteiger charge is -2.41. The molecule has 1 fully saturated rings. The van der Waals surface area contributed by atoms with Gasteiger partial charge in [-0.25, -0.2) is 4.98 Å². The predicted molar refractivity (Wildman–Crippen MR) is 129 cm³/mol. The molecule has 1 aliphatic rings. The van der Waals surface area contributed by atoms with Crippen LogP contribution in [0.25, 0.3) is 22.2 Å². The number of rotatable bonds is 5. The number of pyridine rings is 2. The summed E-state index contributed by atoms with van der Waals surface area (Å²) in [5.74, 6) is -0.658. The molecule has 4 heterocycles. The van der Waals surface area contributed by atoms with Gasteiger partial charge in [-0.05, 0) is 31.2 Å². The third-order valence-electron chi connectivity index (χ3n) is 6.05. The van der Waals surface area contributed by atoms with E-state index in [2.05, 4.69) is 20.2 Å². The SMILES string of the molecule is CC(Oc1ccc2[nH]nc(-c3cnc(N4CC(C(F)(F)F)C4)c(C#N)c3)c2c1)c1c(Cl)cncc1Cl. The molecule has 1 saturated heterocycles. The molecule has 0 amide bonds. The molecule has 7 nitrogen and oxygen atoms in total. The molecule has 1 N–H and O–H groups in total. The van der Waals surface area contributed by atoms with Crippen LogP contribution in [0.15, 0.2) is 42.9 Å². The first-order valence-corrected chi connectivity index (χ1v) is 11.6. The Morgan fingerprint density at radius 1 is 1.17 bits per heavy atom. The standard InChI is InChI=1S/C24H17Cl2F3N6O/c1-12(21-18(25)8-31-9-19(21)26)36-16-2-3-20-17(5-16)22(34-33-20)14-4-13(6-30)23(32-7-14)35-10-15(11-35)24(27,28)29/h2-5,7-9,12,15H,10-11H2,1H3,(H,33,34). The van der Waals surface area contributed by atoms with Crippen molar-refractivity contribution in [2.75, 3.05) is 18.0 Å². The highest BCUT2D eigenvalue weighted by Gasteiger charge is 2.48. The molecule has 1 aliphatic heterocycles. The molecule has 12 heteroatoms. The minimum atomic E-state index is -4.26. The number of H-pyrrole nitrogens is 1. The van der Waals surface area contributed by atoms with E-state index in [9.17, 15) is 18.4 Å². The molecule has 1 unspecified atom stereocenters. The number of hydrogen-bond donors (Lipinski definition) is 1. The quantitative estimate of drug-likeness (QED) is 0.322. The van der Waals surface area contributed by atoms with E-state index in [-0.39, 0.29) is 24.5 Å².